The molecule has 0 amide bonds. The number of hydrogen-bond acceptors (Lipinski definition) is 2. The van der Waals surface area contributed by atoms with Crippen molar-refractivity contribution in [3.8, 4) is 0 Å². The maximum absolute atomic E-state index is 3.89. The summed E-state index contributed by atoms with van der Waals surface area (Å²) >= 11 is 3.55. The van der Waals surface area contributed by atoms with E-state index in [1.54, 1.807) is 0 Å². The van der Waals surface area contributed by atoms with Crippen molar-refractivity contribution < 1.29 is 0 Å². The number of likely N-dealkylation sites (N-methyl/N-ethyl adjacent to an activating group) is 1. The van der Waals surface area contributed by atoms with Gasteiger partial charge in [0.1, 0.15) is 0 Å². The summed E-state index contributed by atoms with van der Waals surface area (Å²) in [5.74, 6) is 0. The molecule has 12 heavy (non-hydrogen) atoms. The van der Waals surface area contributed by atoms with Crippen LogP contribution in [-0.4, -0.2) is 29.6 Å². The molecule has 0 aromatic rings. The van der Waals surface area contributed by atoms with E-state index in [1.807, 2.05) is 19.0 Å². The zero-order valence-electron chi connectivity index (χ0n) is 8.21. The smallest absolute Gasteiger partial charge is 0.0795 e. The first-order valence-electron chi connectivity index (χ1n) is 4.01. The van der Waals surface area contributed by atoms with Gasteiger partial charge in [-0.1, -0.05) is 34.5 Å². The van der Waals surface area contributed by atoms with Crippen LogP contribution in [0.3, 0.4) is 0 Å². The van der Waals surface area contributed by atoms with Crippen LogP contribution in [0.5, 0.6) is 0 Å². The Balaban J connectivity index is 4.54. The highest BCUT2D eigenvalue weighted by Gasteiger charge is 2.19. The SMILES string of the molecule is C=NN(C)[C@H](/C(C)=C\C)[C@@H](C)Br. The first kappa shape index (κ1) is 11.7. The third kappa shape index (κ3) is 2.97. The molecule has 0 rings (SSSR count). The van der Waals surface area contributed by atoms with E-state index in [-0.39, 0.29) is 0 Å². The van der Waals surface area contributed by atoms with Crippen molar-refractivity contribution in [3.63, 3.8) is 0 Å². The van der Waals surface area contributed by atoms with Crippen LogP contribution >= 0.6 is 15.9 Å². The molecule has 0 saturated heterocycles. The van der Waals surface area contributed by atoms with E-state index in [4.69, 9.17) is 0 Å². The number of nitrogens with zero attached hydrogens (tertiary/aromatic N) is 2. The van der Waals surface area contributed by atoms with Crippen molar-refractivity contribution in [1.82, 2.24) is 5.01 Å². The Hall–Kier alpha value is -0.310. The Morgan fingerprint density at radius 2 is 2.17 bits per heavy atom. The molecule has 0 aromatic heterocycles. The van der Waals surface area contributed by atoms with Crippen molar-refractivity contribution >= 4 is 22.6 Å². The van der Waals surface area contributed by atoms with Crippen LogP contribution in [0.4, 0.5) is 0 Å². The Morgan fingerprint density at radius 1 is 1.67 bits per heavy atom. The van der Waals surface area contributed by atoms with Crippen molar-refractivity contribution in [2.24, 2.45) is 5.10 Å². The summed E-state index contributed by atoms with van der Waals surface area (Å²) in [6.07, 6.45) is 2.10. The van der Waals surface area contributed by atoms with Gasteiger partial charge in [0.2, 0.25) is 0 Å². The second kappa shape index (κ2) is 5.36. The van der Waals surface area contributed by atoms with E-state index in [2.05, 4.69) is 47.7 Å². The summed E-state index contributed by atoms with van der Waals surface area (Å²) in [5.41, 5.74) is 1.30. The highest BCUT2D eigenvalue weighted by molar-refractivity contribution is 9.09. The van der Waals surface area contributed by atoms with Crippen LogP contribution in [0.1, 0.15) is 20.8 Å². The van der Waals surface area contributed by atoms with Gasteiger partial charge in [0, 0.05) is 18.6 Å². The molecule has 0 aliphatic rings. The molecule has 0 aromatic carbocycles. The largest absolute Gasteiger partial charge is 0.292 e. The maximum atomic E-state index is 3.89. The molecular formula is C9H17BrN2. The average molecular weight is 233 g/mol. The molecule has 0 heterocycles. The van der Waals surface area contributed by atoms with Gasteiger partial charge >= 0.3 is 0 Å². The predicted octanol–water partition coefficient (Wildman–Crippen LogP) is 2.65. The van der Waals surface area contributed by atoms with E-state index in [0.717, 1.165) is 0 Å². The molecule has 3 heteroatoms. The highest BCUT2D eigenvalue weighted by Crippen LogP contribution is 2.18. The molecule has 2 atom stereocenters. The summed E-state index contributed by atoms with van der Waals surface area (Å²) in [7, 11) is 1.93. The third-order valence-corrected chi connectivity index (χ3v) is 2.48. The number of allylic oxidation sites excluding steroid dienone is 1. The zero-order chi connectivity index (χ0) is 9.72. The quantitative estimate of drug-likeness (QED) is 0.315. The Bertz CT molecular complexity index is 175. The van der Waals surface area contributed by atoms with Gasteiger partial charge in [-0.15, -0.1) is 0 Å². The fourth-order valence-corrected chi connectivity index (χ4v) is 1.97. The number of hydrogen-bond donors (Lipinski definition) is 0. The van der Waals surface area contributed by atoms with Crippen molar-refractivity contribution in [2.45, 2.75) is 31.6 Å². The molecule has 0 saturated carbocycles. The van der Waals surface area contributed by atoms with Crippen LogP contribution in [0, 0.1) is 0 Å². The normalized spacial score (nSPS) is 16.9. The van der Waals surface area contributed by atoms with E-state index in [1.165, 1.54) is 5.57 Å². The van der Waals surface area contributed by atoms with E-state index < -0.39 is 0 Å². The van der Waals surface area contributed by atoms with E-state index in [0.29, 0.717) is 10.9 Å². The van der Waals surface area contributed by atoms with E-state index >= 15 is 0 Å². The first-order chi connectivity index (χ1) is 5.54. The summed E-state index contributed by atoms with van der Waals surface area (Å²) in [6, 6.07) is 0.299. The van der Waals surface area contributed by atoms with Crippen molar-refractivity contribution in [3.05, 3.63) is 11.6 Å². The lowest BCUT2D eigenvalue weighted by Crippen LogP contribution is -2.34. The molecule has 0 spiro atoms. The lowest BCUT2D eigenvalue weighted by Gasteiger charge is -2.28. The topological polar surface area (TPSA) is 15.6 Å². The molecule has 70 valence electrons. The van der Waals surface area contributed by atoms with Gasteiger partial charge in [0.05, 0.1) is 6.04 Å². The fourth-order valence-electron chi connectivity index (χ4n) is 1.21. The zero-order valence-corrected chi connectivity index (χ0v) is 9.80. The second-order valence-corrected chi connectivity index (χ2v) is 4.31. The minimum atomic E-state index is 0.299. The van der Waals surface area contributed by atoms with Crippen molar-refractivity contribution in [1.29, 1.82) is 0 Å². The lowest BCUT2D eigenvalue weighted by atomic mass is 10.1. The average Bonchev–Trinajstić information content (AvgIpc) is 2.03. The van der Waals surface area contributed by atoms with Gasteiger partial charge < -0.3 is 0 Å². The first-order valence-corrected chi connectivity index (χ1v) is 4.92. The number of rotatable bonds is 4. The van der Waals surface area contributed by atoms with Crippen LogP contribution in [0.2, 0.25) is 0 Å². The third-order valence-electron chi connectivity index (χ3n) is 1.98. The summed E-state index contributed by atoms with van der Waals surface area (Å²) in [6.45, 7) is 9.76. The minimum Gasteiger partial charge on any atom is -0.292 e. The summed E-state index contributed by atoms with van der Waals surface area (Å²) in [4.78, 5) is 0.379. The predicted molar refractivity (Wildman–Crippen MR) is 58.9 cm³/mol. The van der Waals surface area contributed by atoms with Crippen LogP contribution in [-0.2, 0) is 0 Å². The maximum Gasteiger partial charge on any atom is 0.0795 e. The van der Waals surface area contributed by atoms with Gasteiger partial charge in [-0.05, 0) is 13.8 Å². The fraction of sp³-hybridized carbons (Fsp3) is 0.667. The van der Waals surface area contributed by atoms with Gasteiger partial charge in [0.15, 0.2) is 0 Å². The highest BCUT2D eigenvalue weighted by atomic mass is 79.9. The molecule has 2 nitrogen and oxygen atoms in total. The van der Waals surface area contributed by atoms with Crippen LogP contribution < -0.4 is 0 Å². The van der Waals surface area contributed by atoms with Gasteiger partial charge in [-0.2, -0.15) is 5.10 Å². The number of hydrazone groups is 1. The Morgan fingerprint density at radius 3 is 2.42 bits per heavy atom. The molecule has 0 radical (unpaired) electrons. The standard InChI is InChI=1S/C9H17BrN2/c1-6-7(2)9(8(3)10)12(5)11-4/h6,8-9H,4H2,1-3,5H3/b7-6-/t8-,9-/m1/s1. The molecule has 0 N–H and O–H groups in total. The van der Waals surface area contributed by atoms with Crippen molar-refractivity contribution in [2.75, 3.05) is 7.05 Å². The molecule has 0 aliphatic carbocycles. The molecular weight excluding hydrogens is 216 g/mol. The Kier molecular flexibility index (Phi) is 5.22. The summed E-state index contributed by atoms with van der Waals surface area (Å²) < 4.78 is 0. The lowest BCUT2D eigenvalue weighted by molar-refractivity contribution is 0.288. The van der Waals surface area contributed by atoms with Crippen LogP contribution in [0.25, 0.3) is 0 Å². The summed E-state index contributed by atoms with van der Waals surface area (Å²) in [5, 5.41) is 5.76. The van der Waals surface area contributed by atoms with Gasteiger partial charge in [-0.25, -0.2) is 0 Å². The number of halogens is 1. The van der Waals surface area contributed by atoms with Crippen LogP contribution in [0.15, 0.2) is 16.8 Å². The molecule has 0 fully saturated rings. The molecule has 0 unspecified atom stereocenters. The number of alkyl halides is 1. The monoisotopic (exact) mass is 232 g/mol. The molecule has 0 aliphatic heterocycles. The van der Waals surface area contributed by atoms with Gasteiger partial charge in [-0.3, -0.25) is 5.01 Å². The van der Waals surface area contributed by atoms with E-state index in [9.17, 15) is 0 Å². The van der Waals surface area contributed by atoms with Gasteiger partial charge in [0.25, 0.3) is 0 Å². The Labute approximate surface area is 83.5 Å². The second-order valence-electron chi connectivity index (χ2n) is 2.87. The molecule has 0 bridgehead atoms. The minimum absolute atomic E-state index is 0.299.